The van der Waals surface area contributed by atoms with E-state index in [1.807, 2.05) is 19.1 Å². The van der Waals surface area contributed by atoms with Crippen molar-refractivity contribution in [3.63, 3.8) is 0 Å². The molecule has 1 unspecified atom stereocenters. The van der Waals surface area contributed by atoms with Crippen molar-refractivity contribution in [3.05, 3.63) is 63.8 Å². The van der Waals surface area contributed by atoms with Gasteiger partial charge >= 0.3 is 0 Å². The highest BCUT2D eigenvalue weighted by Crippen LogP contribution is 2.38. The Morgan fingerprint density at radius 2 is 1.78 bits per heavy atom. The van der Waals surface area contributed by atoms with Gasteiger partial charge in [0, 0.05) is 16.6 Å². The summed E-state index contributed by atoms with van der Waals surface area (Å²) in [6, 6.07) is 10.8. The van der Waals surface area contributed by atoms with Gasteiger partial charge < -0.3 is 10.5 Å². The Labute approximate surface area is 162 Å². The second-order valence-electron chi connectivity index (χ2n) is 6.63. The van der Waals surface area contributed by atoms with E-state index in [9.17, 15) is 9.59 Å². The molecule has 0 radical (unpaired) electrons. The van der Waals surface area contributed by atoms with Crippen molar-refractivity contribution in [3.8, 4) is 5.75 Å². The fourth-order valence-electron chi connectivity index (χ4n) is 3.37. The van der Waals surface area contributed by atoms with Crippen LogP contribution >= 0.6 is 11.6 Å². The number of aromatic nitrogens is 1. The van der Waals surface area contributed by atoms with Crippen LogP contribution in [-0.4, -0.2) is 23.5 Å². The predicted molar refractivity (Wildman–Crippen MR) is 107 cm³/mol. The van der Waals surface area contributed by atoms with Gasteiger partial charge in [-0.05, 0) is 50.6 Å². The lowest BCUT2D eigenvalue weighted by molar-refractivity contribution is -0.119. The standard InChI is InChI=1S/C21H21ClN2O3/c1-11-5-7-14(8-6-11)21(26)24-13(3)19(12(2)20(23)25)15-9-18(27-4)16(22)10-17(15)24/h5-10,12H,1-4H3,(H2,23,25). The molecule has 3 aromatic rings. The number of primary amides is 1. The molecule has 2 aromatic carbocycles. The van der Waals surface area contributed by atoms with Gasteiger partial charge in [0.2, 0.25) is 5.91 Å². The second kappa shape index (κ2) is 7.08. The molecular weight excluding hydrogens is 364 g/mol. The molecule has 5 nitrogen and oxygen atoms in total. The zero-order chi connectivity index (χ0) is 19.9. The number of ether oxygens (including phenoxy) is 1. The minimum Gasteiger partial charge on any atom is -0.495 e. The third-order valence-corrected chi connectivity index (χ3v) is 5.18. The first-order chi connectivity index (χ1) is 12.8. The summed E-state index contributed by atoms with van der Waals surface area (Å²) >= 11 is 6.31. The fraction of sp³-hybridized carbons (Fsp3) is 0.238. The molecule has 0 aliphatic heterocycles. The maximum atomic E-state index is 13.2. The van der Waals surface area contributed by atoms with Gasteiger partial charge in [0.25, 0.3) is 5.91 Å². The summed E-state index contributed by atoms with van der Waals surface area (Å²) in [7, 11) is 1.52. The zero-order valence-corrected chi connectivity index (χ0v) is 16.4. The molecule has 1 amide bonds. The molecule has 1 atom stereocenters. The number of halogens is 1. The maximum Gasteiger partial charge on any atom is 0.262 e. The first-order valence-electron chi connectivity index (χ1n) is 8.55. The largest absolute Gasteiger partial charge is 0.495 e. The third-order valence-electron chi connectivity index (χ3n) is 4.89. The minimum absolute atomic E-state index is 0.193. The Morgan fingerprint density at radius 1 is 1.15 bits per heavy atom. The summed E-state index contributed by atoms with van der Waals surface area (Å²) < 4.78 is 6.90. The van der Waals surface area contributed by atoms with Crippen LogP contribution in [-0.2, 0) is 4.79 Å². The SMILES string of the molecule is COc1cc2c(C(C)C(N)=O)c(C)n(C(=O)c3ccc(C)cc3)c2cc1Cl. The Morgan fingerprint density at radius 3 is 2.33 bits per heavy atom. The summed E-state index contributed by atoms with van der Waals surface area (Å²) in [6.07, 6.45) is 0. The van der Waals surface area contributed by atoms with Gasteiger partial charge in [-0.15, -0.1) is 0 Å². The monoisotopic (exact) mass is 384 g/mol. The first-order valence-corrected chi connectivity index (χ1v) is 8.93. The highest BCUT2D eigenvalue weighted by molar-refractivity contribution is 6.33. The fourth-order valence-corrected chi connectivity index (χ4v) is 3.61. The van der Waals surface area contributed by atoms with E-state index in [1.165, 1.54) is 7.11 Å². The summed E-state index contributed by atoms with van der Waals surface area (Å²) in [5, 5.41) is 1.11. The number of carbonyl (C=O) groups is 2. The molecule has 2 N–H and O–H groups in total. The quantitative estimate of drug-likeness (QED) is 0.732. The summed E-state index contributed by atoms with van der Waals surface area (Å²) in [6.45, 7) is 5.50. The molecule has 27 heavy (non-hydrogen) atoms. The number of rotatable bonds is 4. The minimum atomic E-state index is -0.564. The normalized spacial score (nSPS) is 12.2. The molecule has 0 saturated heterocycles. The van der Waals surface area contributed by atoms with Crippen molar-refractivity contribution in [1.82, 2.24) is 4.57 Å². The highest BCUT2D eigenvalue weighted by Gasteiger charge is 2.26. The van der Waals surface area contributed by atoms with Gasteiger partial charge in [-0.25, -0.2) is 0 Å². The van der Waals surface area contributed by atoms with Crippen LogP contribution in [0.4, 0.5) is 0 Å². The van der Waals surface area contributed by atoms with Crippen LogP contribution in [0.15, 0.2) is 36.4 Å². The van der Waals surface area contributed by atoms with Crippen LogP contribution in [0.5, 0.6) is 5.75 Å². The van der Waals surface area contributed by atoms with Crippen molar-refractivity contribution in [2.45, 2.75) is 26.7 Å². The van der Waals surface area contributed by atoms with Gasteiger partial charge in [-0.2, -0.15) is 0 Å². The Bertz CT molecular complexity index is 1050. The number of benzene rings is 2. The van der Waals surface area contributed by atoms with Gasteiger partial charge in [0.05, 0.1) is 23.6 Å². The van der Waals surface area contributed by atoms with E-state index in [1.54, 1.807) is 42.7 Å². The highest BCUT2D eigenvalue weighted by atomic mass is 35.5. The molecule has 1 heterocycles. The van der Waals surface area contributed by atoms with Crippen molar-refractivity contribution < 1.29 is 14.3 Å². The van der Waals surface area contributed by atoms with Crippen LogP contribution in [0.3, 0.4) is 0 Å². The van der Waals surface area contributed by atoms with Crippen molar-refractivity contribution in [2.24, 2.45) is 5.73 Å². The van der Waals surface area contributed by atoms with E-state index in [0.717, 1.165) is 10.9 Å². The molecule has 0 aliphatic carbocycles. The average Bonchev–Trinajstić information content (AvgIpc) is 2.91. The van der Waals surface area contributed by atoms with E-state index in [-0.39, 0.29) is 5.91 Å². The van der Waals surface area contributed by atoms with Gasteiger partial charge in [-0.1, -0.05) is 29.3 Å². The van der Waals surface area contributed by atoms with Crippen LogP contribution in [0.1, 0.15) is 40.0 Å². The summed E-state index contributed by atoms with van der Waals surface area (Å²) in [5.74, 6) is -0.747. The number of nitrogens with zero attached hydrogens (tertiary/aromatic N) is 1. The summed E-state index contributed by atoms with van der Waals surface area (Å²) in [4.78, 5) is 25.1. The molecule has 0 saturated carbocycles. The molecule has 0 fully saturated rings. The molecule has 1 aromatic heterocycles. The first kappa shape index (κ1) is 19.0. The average molecular weight is 385 g/mol. The number of hydrogen-bond donors (Lipinski definition) is 1. The maximum absolute atomic E-state index is 13.2. The summed E-state index contributed by atoms with van der Waals surface area (Å²) in [5.41, 5.74) is 9.14. The zero-order valence-electron chi connectivity index (χ0n) is 15.7. The van der Waals surface area contributed by atoms with E-state index in [2.05, 4.69) is 0 Å². The van der Waals surface area contributed by atoms with Crippen LogP contribution in [0, 0.1) is 13.8 Å². The van der Waals surface area contributed by atoms with E-state index >= 15 is 0 Å². The van der Waals surface area contributed by atoms with Crippen LogP contribution in [0.2, 0.25) is 5.02 Å². The van der Waals surface area contributed by atoms with Crippen molar-refractivity contribution in [2.75, 3.05) is 7.11 Å². The second-order valence-corrected chi connectivity index (χ2v) is 7.04. The van der Waals surface area contributed by atoms with Crippen LogP contribution in [0.25, 0.3) is 10.9 Å². The third kappa shape index (κ3) is 3.19. The van der Waals surface area contributed by atoms with Gasteiger partial charge in [-0.3, -0.25) is 14.2 Å². The van der Waals surface area contributed by atoms with Gasteiger partial charge in [0.15, 0.2) is 0 Å². The van der Waals surface area contributed by atoms with Gasteiger partial charge in [0.1, 0.15) is 5.75 Å². The number of carbonyl (C=O) groups excluding carboxylic acids is 2. The predicted octanol–water partition coefficient (Wildman–Crippen LogP) is 4.20. The lowest BCUT2D eigenvalue weighted by Gasteiger charge is -2.10. The number of hydrogen-bond acceptors (Lipinski definition) is 3. The number of nitrogens with two attached hydrogens (primary N) is 1. The number of aryl methyl sites for hydroxylation is 1. The number of fused-ring (bicyclic) bond motifs is 1. The topological polar surface area (TPSA) is 74.3 Å². The number of methoxy groups -OCH3 is 1. The van der Waals surface area contributed by atoms with E-state index < -0.39 is 11.8 Å². The van der Waals surface area contributed by atoms with Crippen LogP contribution < -0.4 is 10.5 Å². The smallest absolute Gasteiger partial charge is 0.262 e. The Balaban J connectivity index is 2.33. The van der Waals surface area contributed by atoms with E-state index in [4.69, 9.17) is 22.1 Å². The molecular formula is C21H21ClN2O3. The molecule has 6 heteroatoms. The molecule has 3 rings (SSSR count). The Hall–Kier alpha value is -2.79. The number of amides is 1. The molecule has 0 spiro atoms. The lowest BCUT2D eigenvalue weighted by Crippen LogP contribution is -2.20. The molecule has 0 bridgehead atoms. The van der Waals surface area contributed by atoms with Crippen molar-refractivity contribution >= 4 is 34.3 Å². The Kier molecular flexibility index (Phi) is 4.98. The molecule has 0 aliphatic rings. The van der Waals surface area contributed by atoms with Crippen molar-refractivity contribution in [1.29, 1.82) is 0 Å². The lowest BCUT2D eigenvalue weighted by atomic mass is 9.97. The molecule has 140 valence electrons. The van der Waals surface area contributed by atoms with E-state index in [0.29, 0.717) is 33.1 Å².